The zero-order chi connectivity index (χ0) is 22.1. The van der Waals surface area contributed by atoms with Gasteiger partial charge in [0.1, 0.15) is 18.1 Å². The van der Waals surface area contributed by atoms with E-state index >= 15 is 0 Å². The SMILES string of the molecule is CC.CC.COc1ccc(-c2c(C)nn3c(NCC(=O)O)cc(C)nc23)c(C)c1. The number of aromatic nitrogens is 3. The normalized spacial score (nSPS) is 9.79. The molecule has 29 heavy (non-hydrogen) atoms. The standard InChI is InChI=1S/C18H20N4O3.2C2H6/c1-10-7-13(25-4)5-6-14(10)17-12(3)21-22-15(19-9-16(23)24)8-11(2)20-18(17)22;2*1-2/h5-8,19H,9H2,1-4H3,(H,23,24);2*1-2H3. The third-order valence-electron chi connectivity index (χ3n) is 4.02. The maximum atomic E-state index is 10.9. The largest absolute Gasteiger partial charge is 0.497 e. The summed E-state index contributed by atoms with van der Waals surface area (Å²) in [5.74, 6) is 0.464. The molecule has 0 atom stereocenters. The highest BCUT2D eigenvalue weighted by Gasteiger charge is 2.18. The number of fused-ring (bicyclic) bond motifs is 1. The first kappa shape index (κ1) is 23.9. The minimum absolute atomic E-state index is 0.186. The Morgan fingerprint density at radius 3 is 2.34 bits per heavy atom. The van der Waals surface area contributed by atoms with Crippen LogP contribution in [0.25, 0.3) is 16.8 Å². The number of benzene rings is 1. The van der Waals surface area contributed by atoms with Gasteiger partial charge in [0.05, 0.1) is 12.8 Å². The van der Waals surface area contributed by atoms with Gasteiger partial charge in [-0.05, 0) is 44.0 Å². The second-order valence-electron chi connectivity index (χ2n) is 5.91. The molecule has 0 radical (unpaired) electrons. The molecular formula is C22H32N4O3. The van der Waals surface area contributed by atoms with Gasteiger partial charge in [0.2, 0.25) is 0 Å². The predicted molar refractivity (Wildman–Crippen MR) is 118 cm³/mol. The van der Waals surface area contributed by atoms with Gasteiger partial charge in [-0.3, -0.25) is 4.79 Å². The number of methoxy groups -OCH3 is 1. The van der Waals surface area contributed by atoms with E-state index in [1.807, 2.05) is 66.7 Å². The summed E-state index contributed by atoms with van der Waals surface area (Å²) in [4.78, 5) is 15.5. The summed E-state index contributed by atoms with van der Waals surface area (Å²) in [5, 5.41) is 16.4. The molecule has 2 aromatic heterocycles. The average molecular weight is 401 g/mol. The van der Waals surface area contributed by atoms with E-state index in [9.17, 15) is 4.79 Å². The number of carboxylic acid groups (broad SMARTS) is 1. The van der Waals surface area contributed by atoms with E-state index < -0.39 is 5.97 Å². The molecule has 0 saturated heterocycles. The fraction of sp³-hybridized carbons (Fsp3) is 0.409. The number of nitrogens with one attached hydrogen (secondary N) is 1. The van der Waals surface area contributed by atoms with Crippen molar-refractivity contribution in [3.63, 3.8) is 0 Å². The van der Waals surface area contributed by atoms with Gasteiger partial charge in [0.15, 0.2) is 5.65 Å². The third-order valence-corrected chi connectivity index (χ3v) is 4.02. The minimum atomic E-state index is -0.933. The summed E-state index contributed by atoms with van der Waals surface area (Å²) in [5.41, 5.74) is 5.31. The van der Waals surface area contributed by atoms with E-state index in [1.54, 1.807) is 17.7 Å². The van der Waals surface area contributed by atoms with E-state index in [2.05, 4.69) is 15.4 Å². The summed E-state index contributed by atoms with van der Waals surface area (Å²) in [7, 11) is 1.64. The maximum Gasteiger partial charge on any atom is 0.322 e. The van der Waals surface area contributed by atoms with Crippen LogP contribution in [0.1, 0.15) is 44.6 Å². The third kappa shape index (κ3) is 5.47. The molecule has 2 heterocycles. The van der Waals surface area contributed by atoms with Crippen LogP contribution < -0.4 is 10.1 Å². The van der Waals surface area contributed by atoms with Crippen LogP contribution in [-0.4, -0.2) is 39.3 Å². The predicted octanol–water partition coefficient (Wildman–Crippen LogP) is 4.88. The number of anilines is 1. The van der Waals surface area contributed by atoms with Crippen molar-refractivity contribution in [3.8, 4) is 16.9 Å². The number of hydrogen-bond donors (Lipinski definition) is 2. The molecular weight excluding hydrogens is 368 g/mol. The lowest BCUT2D eigenvalue weighted by Crippen LogP contribution is -2.15. The molecule has 0 aliphatic rings. The Balaban J connectivity index is 0.000000989. The van der Waals surface area contributed by atoms with Crippen LogP contribution >= 0.6 is 0 Å². The lowest BCUT2D eigenvalue weighted by Gasteiger charge is -2.10. The summed E-state index contributed by atoms with van der Waals surface area (Å²) in [6, 6.07) is 7.65. The molecule has 0 aliphatic carbocycles. The Hall–Kier alpha value is -3.09. The molecule has 7 nitrogen and oxygen atoms in total. The van der Waals surface area contributed by atoms with E-state index in [1.165, 1.54) is 0 Å². The van der Waals surface area contributed by atoms with Crippen molar-refractivity contribution in [2.24, 2.45) is 0 Å². The molecule has 0 aliphatic heterocycles. The molecule has 158 valence electrons. The number of ether oxygens (including phenoxy) is 1. The number of carboxylic acids is 1. The number of hydrogen-bond acceptors (Lipinski definition) is 5. The number of carbonyl (C=O) groups is 1. The molecule has 0 saturated carbocycles. The lowest BCUT2D eigenvalue weighted by molar-refractivity contribution is -0.134. The Morgan fingerprint density at radius 2 is 1.79 bits per heavy atom. The van der Waals surface area contributed by atoms with Crippen molar-refractivity contribution in [1.29, 1.82) is 0 Å². The molecule has 1 aromatic carbocycles. The summed E-state index contributed by atoms with van der Waals surface area (Å²) in [6.45, 7) is 13.6. The maximum absolute atomic E-state index is 10.9. The zero-order valence-electron chi connectivity index (χ0n) is 18.6. The summed E-state index contributed by atoms with van der Waals surface area (Å²) >= 11 is 0. The first-order valence-corrected chi connectivity index (χ1v) is 9.88. The molecule has 0 bridgehead atoms. The zero-order valence-corrected chi connectivity index (χ0v) is 18.6. The quantitative estimate of drug-likeness (QED) is 0.634. The van der Waals surface area contributed by atoms with Crippen molar-refractivity contribution in [2.45, 2.75) is 48.5 Å². The highest BCUT2D eigenvalue weighted by molar-refractivity contribution is 5.83. The molecule has 0 amide bonds. The van der Waals surface area contributed by atoms with Crippen LogP contribution in [0.2, 0.25) is 0 Å². The molecule has 3 aromatic rings. The molecule has 0 spiro atoms. The van der Waals surface area contributed by atoms with Crippen LogP contribution in [0, 0.1) is 20.8 Å². The van der Waals surface area contributed by atoms with Crippen molar-refractivity contribution in [1.82, 2.24) is 14.6 Å². The molecule has 0 fully saturated rings. The number of aryl methyl sites for hydroxylation is 3. The van der Waals surface area contributed by atoms with E-state index in [-0.39, 0.29) is 6.54 Å². The van der Waals surface area contributed by atoms with Gasteiger partial charge in [0, 0.05) is 17.3 Å². The minimum Gasteiger partial charge on any atom is -0.497 e. The Labute approximate surface area is 172 Å². The Bertz CT molecular complexity index is 964. The summed E-state index contributed by atoms with van der Waals surface area (Å²) in [6.07, 6.45) is 0. The van der Waals surface area contributed by atoms with Gasteiger partial charge in [-0.15, -0.1) is 0 Å². The number of aliphatic carboxylic acids is 1. The monoisotopic (exact) mass is 400 g/mol. The molecule has 7 heteroatoms. The van der Waals surface area contributed by atoms with Crippen molar-refractivity contribution in [2.75, 3.05) is 19.0 Å². The smallest absolute Gasteiger partial charge is 0.322 e. The van der Waals surface area contributed by atoms with Crippen LogP contribution in [-0.2, 0) is 4.79 Å². The average Bonchev–Trinajstić information content (AvgIpc) is 3.04. The van der Waals surface area contributed by atoms with Crippen LogP contribution in [0.5, 0.6) is 5.75 Å². The van der Waals surface area contributed by atoms with E-state index in [4.69, 9.17) is 9.84 Å². The van der Waals surface area contributed by atoms with Gasteiger partial charge in [-0.1, -0.05) is 33.8 Å². The van der Waals surface area contributed by atoms with Crippen LogP contribution in [0.4, 0.5) is 5.82 Å². The lowest BCUT2D eigenvalue weighted by atomic mass is 10.0. The van der Waals surface area contributed by atoms with Crippen molar-refractivity contribution >= 4 is 17.4 Å². The van der Waals surface area contributed by atoms with Crippen molar-refractivity contribution in [3.05, 3.63) is 41.2 Å². The second kappa shape index (κ2) is 11.0. The first-order valence-electron chi connectivity index (χ1n) is 9.88. The fourth-order valence-corrected chi connectivity index (χ4v) is 2.90. The highest BCUT2D eigenvalue weighted by atomic mass is 16.5. The van der Waals surface area contributed by atoms with Gasteiger partial charge < -0.3 is 15.2 Å². The van der Waals surface area contributed by atoms with Gasteiger partial charge in [0.25, 0.3) is 0 Å². The van der Waals surface area contributed by atoms with E-state index in [0.717, 1.165) is 33.8 Å². The van der Waals surface area contributed by atoms with Crippen LogP contribution in [0.15, 0.2) is 24.3 Å². The van der Waals surface area contributed by atoms with Crippen LogP contribution in [0.3, 0.4) is 0 Å². The Morgan fingerprint density at radius 1 is 1.14 bits per heavy atom. The summed E-state index contributed by atoms with van der Waals surface area (Å²) < 4.78 is 6.93. The molecule has 2 N–H and O–H groups in total. The highest BCUT2D eigenvalue weighted by Crippen LogP contribution is 2.33. The molecule has 0 unspecified atom stereocenters. The van der Waals surface area contributed by atoms with Gasteiger partial charge in [-0.25, -0.2) is 4.98 Å². The van der Waals surface area contributed by atoms with Crippen molar-refractivity contribution < 1.29 is 14.6 Å². The van der Waals surface area contributed by atoms with Gasteiger partial charge >= 0.3 is 5.97 Å². The first-order chi connectivity index (χ1) is 13.9. The number of rotatable bonds is 5. The second-order valence-corrected chi connectivity index (χ2v) is 5.91. The topological polar surface area (TPSA) is 88.8 Å². The number of nitrogens with zero attached hydrogens (tertiary/aromatic N) is 3. The van der Waals surface area contributed by atoms with E-state index in [0.29, 0.717) is 11.5 Å². The van der Waals surface area contributed by atoms with Gasteiger partial charge in [-0.2, -0.15) is 9.61 Å². The fourth-order valence-electron chi connectivity index (χ4n) is 2.90. The molecule has 3 rings (SSSR count). The Kier molecular flexibility index (Phi) is 9.12.